The first-order chi connectivity index (χ1) is 5.07. The molecule has 0 aliphatic carbocycles. The lowest BCUT2D eigenvalue weighted by Crippen LogP contribution is -2.35. The van der Waals surface area contributed by atoms with Crippen molar-refractivity contribution >= 4 is 30.3 Å². The van der Waals surface area contributed by atoms with Crippen LogP contribution in [0.3, 0.4) is 0 Å². The molecule has 0 aromatic carbocycles. The third kappa shape index (κ3) is 6.38. The van der Waals surface area contributed by atoms with E-state index in [-0.39, 0.29) is 19.2 Å². The summed E-state index contributed by atoms with van der Waals surface area (Å²) >= 11 is 0. The number of carboxylic acids is 1. The minimum atomic E-state index is -1.19. The molecule has 72 valence electrons. The molecule has 0 aromatic heterocycles. The summed E-state index contributed by atoms with van der Waals surface area (Å²) in [5.41, 5.74) is 5.12. The van der Waals surface area contributed by atoms with E-state index in [0.29, 0.717) is 5.75 Å². The van der Waals surface area contributed by atoms with Crippen LogP contribution < -0.4 is 5.73 Å². The van der Waals surface area contributed by atoms with E-state index in [2.05, 4.69) is 6.58 Å². The van der Waals surface area contributed by atoms with Crippen LogP contribution in [0.25, 0.3) is 0 Å². The molecule has 0 heterocycles. The Kier molecular flexibility index (Phi) is 8.67. The average Bonchev–Trinajstić information content (AvgIpc) is 1.87. The topological polar surface area (TPSA) is 80.4 Å². The van der Waals surface area contributed by atoms with Crippen molar-refractivity contribution < 1.29 is 14.1 Å². The molecule has 0 saturated carbocycles. The fourth-order valence-electron chi connectivity index (χ4n) is 0.471. The fraction of sp³-hybridized carbons (Fsp3) is 0.500. The summed E-state index contributed by atoms with van der Waals surface area (Å²) in [6.45, 7) is 3.37. The quantitative estimate of drug-likeness (QED) is 0.598. The highest BCUT2D eigenvalue weighted by Crippen LogP contribution is 1.87. The molecule has 0 fully saturated rings. The molecule has 0 radical (unpaired) electrons. The lowest BCUT2D eigenvalue weighted by atomic mass is 10.4. The number of hydrogen-bond donors (Lipinski definition) is 2. The normalized spacial score (nSPS) is 14.1. The molecule has 0 saturated heterocycles. The van der Waals surface area contributed by atoms with E-state index in [1.165, 1.54) is 6.08 Å². The van der Waals surface area contributed by atoms with Gasteiger partial charge in [-0.25, -0.2) is 0 Å². The molecule has 0 spiro atoms. The standard InChI is InChI=1S/C6H11NO3S.H2S/c1-2-3-11(10)4-5(7)6(8)9;/h2,5H,1,3-4,7H2,(H,8,9);1H2. The Morgan fingerprint density at radius 3 is 2.58 bits per heavy atom. The molecular formula is C6H13NO3S2. The Morgan fingerprint density at radius 2 is 2.25 bits per heavy atom. The van der Waals surface area contributed by atoms with E-state index < -0.39 is 22.8 Å². The molecule has 2 unspecified atom stereocenters. The monoisotopic (exact) mass is 211 g/mol. The van der Waals surface area contributed by atoms with Crippen molar-refractivity contribution in [2.24, 2.45) is 5.73 Å². The van der Waals surface area contributed by atoms with Gasteiger partial charge in [-0.15, -0.1) is 6.58 Å². The van der Waals surface area contributed by atoms with Crippen molar-refractivity contribution in [2.75, 3.05) is 11.5 Å². The highest BCUT2D eigenvalue weighted by atomic mass is 32.2. The van der Waals surface area contributed by atoms with Crippen molar-refractivity contribution in [2.45, 2.75) is 6.04 Å². The summed E-state index contributed by atoms with van der Waals surface area (Å²) in [7, 11) is -1.19. The first kappa shape index (κ1) is 14.2. The van der Waals surface area contributed by atoms with Gasteiger partial charge in [0.05, 0.1) is 0 Å². The van der Waals surface area contributed by atoms with Crippen molar-refractivity contribution in [3.05, 3.63) is 12.7 Å². The summed E-state index contributed by atoms with van der Waals surface area (Å²) in [6.07, 6.45) is 1.48. The summed E-state index contributed by atoms with van der Waals surface area (Å²) < 4.78 is 10.9. The summed E-state index contributed by atoms with van der Waals surface area (Å²) in [5.74, 6) is -0.843. The zero-order valence-corrected chi connectivity index (χ0v) is 8.34. The second-order valence-electron chi connectivity index (χ2n) is 2.01. The van der Waals surface area contributed by atoms with E-state index in [4.69, 9.17) is 10.8 Å². The van der Waals surface area contributed by atoms with Gasteiger partial charge >= 0.3 is 5.97 Å². The smallest absolute Gasteiger partial charge is 0.321 e. The lowest BCUT2D eigenvalue weighted by molar-refractivity contribution is -0.137. The highest BCUT2D eigenvalue weighted by molar-refractivity contribution is 7.85. The second kappa shape index (κ2) is 7.33. The van der Waals surface area contributed by atoms with Gasteiger partial charge in [0.1, 0.15) is 6.04 Å². The van der Waals surface area contributed by atoms with E-state index in [1.807, 2.05) is 0 Å². The van der Waals surface area contributed by atoms with Gasteiger partial charge in [-0.05, 0) is 0 Å². The molecule has 6 heteroatoms. The van der Waals surface area contributed by atoms with E-state index in [1.54, 1.807) is 0 Å². The van der Waals surface area contributed by atoms with Crippen LogP contribution in [0.4, 0.5) is 0 Å². The van der Waals surface area contributed by atoms with Gasteiger partial charge in [-0.2, -0.15) is 13.5 Å². The highest BCUT2D eigenvalue weighted by Gasteiger charge is 2.13. The van der Waals surface area contributed by atoms with Crippen LogP contribution in [-0.2, 0) is 15.6 Å². The SMILES string of the molecule is C=CCS(=O)CC(N)C(=O)O.S. The fourth-order valence-corrected chi connectivity index (χ4v) is 1.41. The van der Waals surface area contributed by atoms with Gasteiger partial charge in [0.2, 0.25) is 0 Å². The first-order valence-electron chi connectivity index (χ1n) is 3.02. The van der Waals surface area contributed by atoms with Gasteiger partial charge < -0.3 is 10.8 Å². The Hall–Kier alpha value is -0.330. The predicted molar refractivity (Wildman–Crippen MR) is 54.1 cm³/mol. The maximum Gasteiger partial charge on any atom is 0.321 e. The molecule has 0 aliphatic rings. The molecule has 4 nitrogen and oxygen atoms in total. The second-order valence-corrected chi connectivity index (χ2v) is 3.55. The van der Waals surface area contributed by atoms with Crippen LogP contribution >= 0.6 is 13.5 Å². The van der Waals surface area contributed by atoms with Crippen molar-refractivity contribution in [3.8, 4) is 0 Å². The summed E-state index contributed by atoms with van der Waals surface area (Å²) in [5, 5.41) is 8.31. The Labute approximate surface area is 80.7 Å². The van der Waals surface area contributed by atoms with Gasteiger partial charge in [0, 0.05) is 22.3 Å². The van der Waals surface area contributed by atoms with Crippen molar-refractivity contribution in [1.82, 2.24) is 0 Å². The van der Waals surface area contributed by atoms with Gasteiger partial charge in [0.25, 0.3) is 0 Å². The van der Waals surface area contributed by atoms with Crippen LogP contribution in [0.2, 0.25) is 0 Å². The average molecular weight is 211 g/mol. The zero-order chi connectivity index (χ0) is 8.85. The third-order valence-corrected chi connectivity index (χ3v) is 2.32. The van der Waals surface area contributed by atoms with Gasteiger partial charge in [-0.1, -0.05) is 6.08 Å². The van der Waals surface area contributed by atoms with Gasteiger partial charge in [0.15, 0.2) is 0 Å². The van der Waals surface area contributed by atoms with Crippen LogP contribution in [-0.4, -0.2) is 32.8 Å². The molecule has 12 heavy (non-hydrogen) atoms. The van der Waals surface area contributed by atoms with Crippen molar-refractivity contribution in [1.29, 1.82) is 0 Å². The van der Waals surface area contributed by atoms with E-state index in [9.17, 15) is 9.00 Å². The van der Waals surface area contributed by atoms with Gasteiger partial charge in [-0.3, -0.25) is 9.00 Å². The maximum atomic E-state index is 10.9. The molecule has 3 N–H and O–H groups in total. The Bertz CT molecular complexity index is 184. The summed E-state index contributed by atoms with van der Waals surface area (Å²) in [6, 6.07) is -1.03. The lowest BCUT2D eigenvalue weighted by Gasteiger charge is -2.03. The van der Waals surface area contributed by atoms with Crippen LogP contribution in [0.1, 0.15) is 0 Å². The molecule has 0 aliphatic heterocycles. The number of rotatable bonds is 5. The van der Waals surface area contributed by atoms with Crippen LogP contribution in [0.5, 0.6) is 0 Å². The Morgan fingerprint density at radius 1 is 1.75 bits per heavy atom. The number of carboxylic acid groups (broad SMARTS) is 1. The van der Waals surface area contributed by atoms with Crippen molar-refractivity contribution in [3.63, 3.8) is 0 Å². The van der Waals surface area contributed by atoms with Crippen LogP contribution in [0, 0.1) is 0 Å². The summed E-state index contributed by atoms with van der Waals surface area (Å²) in [4.78, 5) is 10.2. The van der Waals surface area contributed by atoms with E-state index >= 15 is 0 Å². The number of carbonyl (C=O) groups is 1. The molecule has 2 atom stereocenters. The third-order valence-electron chi connectivity index (χ3n) is 0.986. The Balaban J connectivity index is 0. The van der Waals surface area contributed by atoms with E-state index in [0.717, 1.165) is 0 Å². The number of aliphatic carboxylic acids is 1. The predicted octanol–water partition coefficient (Wildman–Crippen LogP) is -0.554. The molecule has 0 bridgehead atoms. The largest absolute Gasteiger partial charge is 0.480 e. The van der Waals surface area contributed by atoms with Crippen LogP contribution in [0.15, 0.2) is 12.7 Å². The molecule has 0 amide bonds. The number of hydrogen-bond acceptors (Lipinski definition) is 3. The first-order valence-corrected chi connectivity index (χ1v) is 4.51. The number of nitrogens with two attached hydrogens (primary N) is 1. The molecule has 0 rings (SSSR count). The maximum absolute atomic E-state index is 10.9. The minimum absolute atomic E-state index is 0. The zero-order valence-electron chi connectivity index (χ0n) is 6.53. The molecule has 0 aromatic rings. The molecular weight excluding hydrogens is 198 g/mol. The minimum Gasteiger partial charge on any atom is -0.480 e.